The second-order valence-electron chi connectivity index (χ2n) is 6.85. The number of sulfonamides is 1. The lowest BCUT2D eigenvalue weighted by molar-refractivity contribution is 0.102. The molecule has 1 aliphatic carbocycles. The van der Waals surface area contributed by atoms with Crippen LogP contribution in [0.4, 0.5) is 9.52 Å². The molecule has 1 fully saturated rings. The van der Waals surface area contributed by atoms with Crippen molar-refractivity contribution in [2.75, 3.05) is 5.32 Å². The molecule has 1 aromatic heterocycles. The van der Waals surface area contributed by atoms with E-state index in [9.17, 15) is 17.6 Å². The van der Waals surface area contributed by atoms with Gasteiger partial charge in [0.1, 0.15) is 10.8 Å². The van der Waals surface area contributed by atoms with E-state index in [0.29, 0.717) is 0 Å². The summed E-state index contributed by atoms with van der Waals surface area (Å²) in [6, 6.07) is 12.8. The van der Waals surface area contributed by atoms with Crippen LogP contribution in [0, 0.1) is 5.82 Å². The van der Waals surface area contributed by atoms with Gasteiger partial charge < -0.3 is 0 Å². The molecule has 150 valence electrons. The number of hydrogen-bond donors (Lipinski definition) is 2. The molecule has 0 saturated heterocycles. The summed E-state index contributed by atoms with van der Waals surface area (Å²) < 4.78 is 37.0. The first kappa shape index (κ1) is 19.6. The molecule has 1 aliphatic rings. The molecule has 29 heavy (non-hydrogen) atoms. The zero-order valence-electron chi connectivity index (χ0n) is 15.1. The summed E-state index contributed by atoms with van der Waals surface area (Å²) in [7, 11) is -4.06. The van der Waals surface area contributed by atoms with Crippen LogP contribution in [-0.2, 0) is 15.4 Å². The number of rotatable bonds is 5. The Morgan fingerprint density at radius 2 is 1.86 bits per heavy atom. The molecule has 3 N–H and O–H groups in total. The summed E-state index contributed by atoms with van der Waals surface area (Å²) in [4.78, 5) is 12.1. The number of nitrogens with one attached hydrogen (secondary N) is 1. The molecular formula is C19H17FN4O3S2. The average molecular weight is 433 g/mol. The van der Waals surface area contributed by atoms with Gasteiger partial charge in [0.15, 0.2) is 0 Å². The average Bonchev–Trinajstić information content (AvgIpc) is 3.09. The number of hydrogen-bond acceptors (Lipinski definition) is 6. The first-order valence-electron chi connectivity index (χ1n) is 8.83. The Hall–Kier alpha value is -2.69. The van der Waals surface area contributed by atoms with Gasteiger partial charge in [0.2, 0.25) is 15.2 Å². The van der Waals surface area contributed by atoms with Crippen LogP contribution < -0.4 is 10.5 Å². The first-order chi connectivity index (χ1) is 13.8. The Morgan fingerprint density at radius 3 is 2.48 bits per heavy atom. The summed E-state index contributed by atoms with van der Waals surface area (Å²) in [6.07, 6.45) is 2.94. The van der Waals surface area contributed by atoms with E-state index in [1.54, 1.807) is 0 Å². The highest BCUT2D eigenvalue weighted by Crippen LogP contribution is 2.50. The highest BCUT2D eigenvalue weighted by Gasteiger charge is 2.43. The van der Waals surface area contributed by atoms with E-state index in [4.69, 9.17) is 5.14 Å². The molecule has 4 rings (SSSR count). The van der Waals surface area contributed by atoms with Gasteiger partial charge in [-0.3, -0.25) is 10.1 Å². The lowest BCUT2D eigenvalue weighted by Crippen LogP contribution is -2.35. The number of primary sulfonamides is 1. The van der Waals surface area contributed by atoms with Crippen LogP contribution in [-0.4, -0.2) is 24.5 Å². The largest absolute Gasteiger partial charge is 0.296 e. The molecule has 7 nitrogen and oxygen atoms in total. The molecule has 0 aliphatic heterocycles. The summed E-state index contributed by atoms with van der Waals surface area (Å²) in [6.45, 7) is 0. The second kappa shape index (κ2) is 7.29. The molecular weight excluding hydrogens is 415 g/mol. The standard InChI is InChI=1S/C19H17FN4O3S2/c20-15-8-7-13(29(21,26)27)11-14(15)16(25)22-18-24-23-17(28-18)19(9-4-10-19)12-5-2-1-3-6-12/h1-3,5-8,11H,4,9-10H2,(H2,21,26,27)(H,22,24,25). The van der Waals surface area contributed by atoms with Gasteiger partial charge in [-0.2, -0.15) is 0 Å². The maximum Gasteiger partial charge on any atom is 0.260 e. The van der Waals surface area contributed by atoms with Gasteiger partial charge in [-0.15, -0.1) is 10.2 Å². The van der Waals surface area contributed by atoms with E-state index in [0.717, 1.165) is 48.0 Å². The first-order valence-corrected chi connectivity index (χ1v) is 11.2. The van der Waals surface area contributed by atoms with Gasteiger partial charge in [-0.1, -0.05) is 48.1 Å². The number of carbonyl (C=O) groups is 1. The van der Waals surface area contributed by atoms with Gasteiger partial charge in [0.25, 0.3) is 5.91 Å². The van der Waals surface area contributed by atoms with Crippen molar-refractivity contribution in [1.82, 2.24) is 10.2 Å². The second-order valence-corrected chi connectivity index (χ2v) is 9.39. The third-order valence-corrected chi connectivity index (χ3v) is 7.05. The number of benzene rings is 2. The lowest BCUT2D eigenvalue weighted by atomic mass is 9.65. The van der Waals surface area contributed by atoms with Crippen molar-refractivity contribution < 1.29 is 17.6 Å². The molecule has 3 aromatic rings. The van der Waals surface area contributed by atoms with E-state index < -0.39 is 27.3 Å². The molecule has 1 amide bonds. The fourth-order valence-electron chi connectivity index (χ4n) is 3.40. The maximum atomic E-state index is 14.1. The van der Waals surface area contributed by atoms with E-state index in [1.165, 1.54) is 11.3 Å². The zero-order chi connectivity index (χ0) is 20.6. The van der Waals surface area contributed by atoms with Crippen LogP contribution >= 0.6 is 11.3 Å². The van der Waals surface area contributed by atoms with Crippen molar-refractivity contribution in [2.45, 2.75) is 29.6 Å². The zero-order valence-corrected chi connectivity index (χ0v) is 16.8. The quantitative estimate of drug-likeness (QED) is 0.643. The third-order valence-electron chi connectivity index (χ3n) is 5.10. The lowest BCUT2D eigenvalue weighted by Gasteiger charge is -2.40. The van der Waals surface area contributed by atoms with Crippen molar-refractivity contribution in [3.63, 3.8) is 0 Å². The number of nitrogens with two attached hydrogens (primary N) is 1. The number of nitrogens with zero attached hydrogens (tertiary/aromatic N) is 2. The van der Waals surface area contributed by atoms with Crippen LogP contribution in [0.5, 0.6) is 0 Å². The Morgan fingerprint density at radius 1 is 1.14 bits per heavy atom. The molecule has 0 unspecified atom stereocenters. The fraction of sp³-hybridized carbons (Fsp3) is 0.211. The topological polar surface area (TPSA) is 115 Å². The Labute approximate surface area is 170 Å². The Bertz CT molecular complexity index is 1180. The number of amides is 1. The van der Waals surface area contributed by atoms with Crippen molar-refractivity contribution in [2.24, 2.45) is 5.14 Å². The van der Waals surface area contributed by atoms with Gasteiger partial charge in [-0.25, -0.2) is 17.9 Å². The van der Waals surface area contributed by atoms with Crippen molar-refractivity contribution in [3.05, 3.63) is 70.5 Å². The van der Waals surface area contributed by atoms with Crippen molar-refractivity contribution >= 4 is 32.4 Å². The van der Waals surface area contributed by atoms with Crippen LogP contribution in [0.15, 0.2) is 53.4 Å². The Balaban J connectivity index is 1.60. The normalized spacial score (nSPS) is 15.5. The number of anilines is 1. The highest BCUT2D eigenvalue weighted by atomic mass is 32.2. The smallest absolute Gasteiger partial charge is 0.260 e. The van der Waals surface area contributed by atoms with Crippen LogP contribution in [0.25, 0.3) is 0 Å². The monoisotopic (exact) mass is 432 g/mol. The van der Waals surface area contributed by atoms with E-state index >= 15 is 0 Å². The minimum Gasteiger partial charge on any atom is -0.296 e. The van der Waals surface area contributed by atoms with Gasteiger partial charge in [-0.05, 0) is 36.6 Å². The van der Waals surface area contributed by atoms with Crippen molar-refractivity contribution in [3.8, 4) is 0 Å². The number of aromatic nitrogens is 2. The van der Waals surface area contributed by atoms with E-state index in [1.807, 2.05) is 30.3 Å². The predicted octanol–water partition coefficient (Wildman–Crippen LogP) is 3.05. The van der Waals surface area contributed by atoms with Crippen LogP contribution in [0.3, 0.4) is 0 Å². The molecule has 0 bridgehead atoms. The van der Waals surface area contributed by atoms with Gasteiger partial charge >= 0.3 is 0 Å². The minimum atomic E-state index is -4.06. The van der Waals surface area contributed by atoms with Gasteiger partial charge in [0.05, 0.1) is 10.5 Å². The van der Waals surface area contributed by atoms with Crippen molar-refractivity contribution in [1.29, 1.82) is 0 Å². The molecule has 10 heteroatoms. The third kappa shape index (κ3) is 3.66. The van der Waals surface area contributed by atoms with Crippen LogP contribution in [0.2, 0.25) is 0 Å². The van der Waals surface area contributed by atoms with Gasteiger partial charge in [0, 0.05) is 5.41 Å². The summed E-state index contributed by atoms with van der Waals surface area (Å²) in [5.41, 5.74) is 0.489. The maximum absolute atomic E-state index is 14.1. The van der Waals surface area contributed by atoms with E-state index in [2.05, 4.69) is 15.5 Å². The highest BCUT2D eigenvalue weighted by molar-refractivity contribution is 7.89. The fourth-order valence-corrected chi connectivity index (χ4v) is 4.95. The molecule has 0 radical (unpaired) electrons. The molecule has 1 heterocycles. The summed E-state index contributed by atoms with van der Waals surface area (Å²) in [5, 5.41) is 16.8. The Kier molecular flexibility index (Phi) is 4.93. The van der Waals surface area contributed by atoms with E-state index in [-0.39, 0.29) is 15.4 Å². The number of carbonyl (C=O) groups excluding carboxylic acids is 1. The number of halogens is 1. The molecule has 2 aromatic carbocycles. The molecule has 0 spiro atoms. The molecule has 0 atom stereocenters. The minimum absolute atomic E-state index is 0.215. The predicted molar refractivity (Wildman–Crippen MR) is 107 cm³/mol. The van der Waals surface area contributed by atoms with Crippen LogP contribution in [0.1, 0.15) is 40.2 Å². The summed E-state index contributed by atoms with van der Waals surface area (Å²) in [5.74, 6) is -1.68. The molecule has 1 saturated carbocycles. The summed E-state index contributed by atoms with van der Waals surface area (Å²) >= 11 is 1.23. The SMILES string of the molecule is NS(=O)(=O)c1ccc(F)c(C(=O)Nc2nnc(C3(c4ccccc4)CCC3)s2)c1.